The minimum Gasteiger partial charge on any atom is -0.457 e. The molecule has 1 aromatic heterocycles. The summed E-state index contributed by atoms with van der Waals surface area (Å²) in [4.78, 5) is 32.7. The van der Waals surface area contributed by atoms with Crippen molar-refractivity contribution in [3.63, 3.8) is 0 Å². The first-order chi connectivity index (χ1) is 18.6. The standard InChI is InChI=1S/C31H32N4O3/c32-16-4-3-7-29-30(36)34-28(20-23-8-11-24-5-1-2-6-25(24)19-23)31(37)35(29)21-22-9-12-26(13-10-22)38-27-14-17-33-18-15-27/h1-2,5-6,8-15,17-19,28-29H,3-4,7,16,20-21,32H2,(H,34,36)/t28-,29-/m0/s1. The van der Waals surface area contributed by atoms with Crippen molar-refractivity contribution >= 4 is 22.6 Å². The zero-order valence-corrected chi connectivity index (χ0v) is 21.3. The predicted molar refractivity (Wildman–Crippen MR) is 148 cm³/mol. The van der Waals surface area contributed by atoms with Gasteiger partial charge in [-0.05, 0) is 72.0 Å². The molecule has 4 aromatic rings. The molecule has 2 amide bonds. The third-order valence-corrected chi connectivity index (χ3v) is 6.92. The zero-order valence-electron chi connectivity index (χ0n) is 21.3. The quantitative estimate of drug-likeness (QED) is 0.305. The first kappa shape index (κ1) is 25.4. The summed E-state index contributed by atoms with van der Waals surface area (Å²) in [5, 5.41) is 5.27. The first-order valence-electron chi connectivity index (χ1n) is 13.1. The fourth-order valence-corrected chi connectivity index (χ4v) is 4.92. The summed E-state index contributed by atoms with van der Waals surface area (Å²) in [5.74, 6) is 1.22. The molecule has 0 bridgehead atoms. The second-order valence-electron chi connectivity index (χ2n) is 9.64. The molecule has 3 aromatic carbocycles. The Labute approximate surface area is 222 Å². The molecule has 0 unspecified atom stereocenters. The predicted octanol–water partition coefficient (Wildman–Crippen LogP) is 4.59. The highest BCUT2D eigenvalue weighted by atomic mass is 16.5. The summed E-state index contributed by atoms with van der Waals surface area (Å²) < 4.78 is 5.87. The fourth-order valence-electron chi connectivity index (χ4n) is 4.92. The van der Waals surface area contributed by atoms with Gasteiger partial charge in [-0.3, -0.25) is 14.6 Å². The van der Waals surface area contributed by atoms with E-state index in [0.29, 0.717) is 37.4 Å². The van der Waals surface area contributed by atoms with Gasteiger partial charge in [0.05, 0.1) is 0 Å². The second-order valence-corrected chi connectivity index (χ2v) is 9.64. The van der Waals surface area contributed by atoms with Gasteiger partial charge >= 0.3 is 0 Å². The molecule has 0 saturated carbocycles. The number of rotatable bonds is 10. The molecule has 0 spiro atoms. The van der Waals surface area contributed by atoms with Crippen molar-refractivity contribution in [1.29, 1.82) is 0 Å². The van der Waals surface area contributed by atoms with Gasteiger partial charge in [0.1, 0.15) is 23.6 Å². The number of nitrogens with one attached hydrogen (secondary N) is 1. The summed E-state index contributed by atoms with van der Waals surface area (Å²) in [6.07, 6.45) is 5.98. The Hall–Kier alpha value is -4.23. The molecule has 194 valence electrons. The van der Waals surface area contributed by atoms with Gasteiger partial charge in [-0.25, -0.2) is 0 Å². The maximum atomic E-state index is 13.8. The van der Waals surface area contributed by atoms with Crippen LogP contribution in [0.25, 0.3) is 10.8 Å². The minimum atomic E-state index is -0.608. The number of aromatic nitrogens is 1. The molecule has 7 heteroatoms. The number of nitrogens with two attached hydrogens (primary N) is 1. The molecule has 2 atom stereocenters. The third-order valence-electron chi connectivity index (χ3n) is 6.92. The summed E-state index contributed by atoms with van der Waals surface area (Å²) >= 11 is 0. The number of hydrogen-bond acceptors (Lipinski definition) is 5. The molecular weight excluding hydrogens is 476 g/mol. The summed E-state index contributed by atoms with van der Waals surface area (Å²) in [6, 6.07) is 24.4. The van der Waals surface area contributed by atoms with E-state index in [2.05, 4.69) is 34.6 Å². The van der Waals surface area contributed by atoms with E-state index in [9.17, 15) is 9.59 Å². The van der Waals surface area contributed by atoms with Crippen molar-refractivity contribution in [3.8, 4) is 11.5 Å². The summed E-state index contributed by atoms with van der Waals surface area (Å²) in [5.41, 5.74) is 7.63. The van der Waals surface area contributed by atoms with Crippen molar-refractivity contribution in [2.45, 2.75) is 44.3 Å². The zero-order chi connectivity index (χ0) is 26.3. The second kappa shape index (κ2) is 11.9. The lowest BCUT2D eigenvalue weighted by Crippen LogP contribution is -2.63. The number of fused-ring (bicyclic) bond motifs is 1. The average Bonchev–Trinajstić information content (AvgIpc) is 2.94. The van der Waals surface area contributed by atoms with Gasteiger partial charge in [0.2, 0.25) is 11.8 Å². The Bertz CT molecular complexity index is 1390. The fraction of sp³-hybridized carbons (Fsp3) is 0.258. The van der Waals surface area contributed by atoms with E-state index in [1.54, 1.807) is 29.4 Å². The first-order valence-corrected chi connectivity index (χ1v) is 13.1. The number of carbonyl (C=O) groups is 2. The van der Waals surface area contributed by atoms with E-state index >= 15 is 0 Å². The minimum absolute atomic E-state index is 0.0624. The normalized spacial score (nSPS) is 17.4. The molecule has 1 aliphatic heterocycles. The van der Waals surface area contributed by atoms with Gasteiger partial charge in [-0.1, -0.05) is 54.6 Å². The molecule has 0 radical (unpaired) electrons. The van der Waals surface area contributed by atoms with Crippen LogP contribution in [0.5, 0.6) is 11.5 Å². The van der Waals surface area contributed by atoms with Gasteiger partial charge in [-0.15, -0.1) is 0 Å². The van der Waals surface area contributed by atoms with Crippen molar-refractivity contribution < 1.29 is 14.3 Å². The number of benzene rings is 3. The number of carbonyl (C=O) groups excluding carboxylic acids is 2. The van der Waals surface area contributed by atoms with Crippen LogP contribution in [0.15, 0.2) is 91.3 Å². The highest BCUT2D eigenvalue weighted by Gasteiger charge is 2.40. The van der Waals surface area contributed by atoms with Crippen LogP contribution >= 0.6 is 0 Å². The molecule has 38 heavy (non-hydrogen) atoms. The molecule has 1 aliphatic rings. The van der Waals surface area contributed by atoms with Crippen LogP contribution in [0.1, 0.15) is 30.4 Å². The maximum absolute atomic E-state index is 13.8. The van der Waals surface area contributed by atoms with Gasteiger partial charge in [0, 0.05) is 25.4 Å². The van der Waals surface area contributed by atoms with E-state index in [0.717, 1.165) is 34.7 Å². The molecule has 7 nitrogen and oxygen atoms in total. The molecule has 1 saturated heterocycles. The number of piperazine rings is 1. The van der Waals surface area contributed by atoms with Crippen LogP contribution in [0.4, 0.5) is 0 Å². The highest BCUT2D eigenvalue weighted by Crippen LogP contribution is 2.25. The lowest BCUT2D eigenvalue weighted by molar-refractivity contribution is -0.150. The number of ether oxygens (including phenoxy) is 1. The summed E-state index contributed by atoms with van der Waals surface area (Å²) in [7, 11) is 0. The Morgan fingerprint density at radius 1 is 0.842 bits per heavy atom. The van der Waals surface area contributed by atoms with Crippen molar-refractivity contribution in [3.05, 3.63) is 102 Å². The van der Waals surface area contributed by atoms with E-state index in [4.69, 9.17) is 10.5 Å². The Kier molecular flexibility index (Phi) is 7.95. The number of amides is 2. The van der Waals surface area contributed by atoms with E-state index in [1.807, 2.05) is 42.5 Å². The highest BCUT2D eigenvalue weighted by molar-refractivity contribution is 5.97. The van der Waals surface area contributed by atoms with Crippen LogP contribution in [0, 0.1) is 0 Å². The Balaban J connectivity index is 1.33. The molecular formula is C31H32N4O3. The van der Waals surface area contributed by atoms with Gasteiger partial charge in [0.15, 0.2) is 0 Å². The van der Waals surface area contributed by atoms with Gasteiger partial charge < -0.3 is 20.7 Å². The third kappa shape index (κ3) is 6.01. The van der Waals surface area contributed by atoms with E-state index in [-0.39, 0.29) is 11.8 Å². The molecule has 0 aliphatic carbocycles. The maximum Gasteiger partial charge on any atom is 0.246 e. The van der Waals surface area contributed by atoms with Crippen LogP contribution < -0.4 is 15.8 Å². The van der Waals surface area contributed by atoms with Crippen LogP contribution in [-0.2, 0) is 22.6 Å². The van der Waals surface area contributed by atoms with Crippen LogP contribution in [0.2, 0.25) is 0 Å². The van der Waals surface area contributed by atoms with Crippen LogP contribution in [-0.4, -0.2) is 40.3 Å². The van der Waals surface area contributed by atoms with Crippen molar-refractivity contribution in [1.82, 2.24) is 15.2 Å². The lowest BCUT2D eigenvalue weighted by Gasteiger charge is -2.39. The molecule has 2 heterocycles. The number of hydrogen-bond donors (Lipinski definition) is 2. The van der Waals surface area contributed by atoms with Crippen LogP contribution in [0.3, 0.4) is 0 Å². The van der Waals surface area contributed by atoms with Gasteiger partial charge in [-0.2, -0.15) is 0 Å². The number of nitrogens with zero attached hydrogens (tertiary/aromatic N) is 2. The number of unbranched alkanes of at least 4 members (excludes halogenated alkanes) is 1. The number of pyridine rings is 1. The summed E-state index contributed by atoms with van der Waals surface area (Å²) in [6.45, 7) is 0.912. The molecule has 5 rings (SSSR count). The molecule has 1 fully saturated rings. The Morgan fingerprint density at radius 2 is 1.55 bits per heavy atom. The van der Waals surface area contributed by atoms with Crippen molar-refractivity contribution in [2.75, 3.05) is 6.54 Å². The van der Waals surface area contributed by atoms with Gasteiger partial charge in [0.25, 0.3) is 0 Å². The van der Waals surface area contributed by atoms with E-state index < -0.39 is 12.1 Å². The monoisotopic (exact) mass is 508 g/mol. The SMILES string of the molecule is NCCCC[C@H]1C(=O)N[C@@H](Cc2ccc3ccccc3c2)C(=O)N1Cc1ccc(Oc2ccncc2)cc1. The van der Waals surface area contributed by atoms with Crippen molar-refractivity contribution in [2.24, 2.45) is 5.73 Å². The smallest absolute Gasteiger partial charge is 0.246 e. The average molecular weight is 509 g/mol. The lowest BCUT2D eigenvalue weighted by atomic mass is 9.96. The molecule has 3 N–H and O–H groups in total. The largest absolute Gasteiger partial charge is 0.457 e. The van der Waals surface area contributed by atoms with E-state index in [1.165, 1.54) is 0 Å². The topological polar surface area (TPSA) is 97.5 Å². The Morgan fingerprint density at radius 3 is 2.32 bits per heavy atom.